The maximum Gasteiger partial charge on any atom is 0.367 e. The molecular weight excluding hydrogens is 447 g/mol. The standard InChI is InChI=1S/C25H26Cl2N2O3/c1-15-17(26)10-7-11-19(15)28-22(31)25-13-12-24(4,23(25,2)3)20(14-25)29-32-21(30)16-8-5-6-9-18(16)27/h5-11H,12-14H2,1-4H3,(H,28,31)/b29-20-. The molecule has 168 valence electrons. The van der Waals surface area contributed by atoms with Gasteiger partial charge in [-0.15, -0.1) is 0 Å². The summed E-state index contributed by atoms with van der Waals surface area (Å²) in [6.07, 6.45) is 1.95. The zero-order valence-corrected chi connectivity index (χ0v) is 20.1. The van der Waals surface area contributed by atoms with Gasteiger partial charge >= 0.3 is 5.97 Å². The number of hydrogen-bond donors (Lipinski definition) is 1. The van der Waals surface area contributed by atoms with Crippen molar-refractivity contribution < 1.29 is 14.4 Å². The lowest BCUT2D eigenvalue weighted by Gasteiger charge is -2.39. The van der Waals surface area contributed by atoms with Gasteiger partial charge in [-0.1, -0.05) is 67.3 Å². The normalized spacial score (nSPS) is 26.9. The van der Waals surface area contributed by atoms with Crippen molar-refractivity contribution >= 4 is 46.5 Å². The van der Waals surface area contributed by atoms with Crippen molar-refractivity contribution in [1.29, 1.82) is 0 Å². The Balaban J connectivity index is 1.62. The second kappa shape index (κ2) is 7.89. The Kier molecular flexibility index (Phi) is 5.62. The average Bonchev–Trinajstić information content (AvgIpc) is 3.06. The van der Waals surface area contributed by atoms with Gasteiger partial charge in [0.25, 0.3) is 0 Å². The fourth-order valence-electron chi connectivity index (χ4n) is 5.28. The molecule has 0 saturated heterocycles. The maximum atomic E-state index is 13.6. The summed E-state index contributed by atoms with van der Waals surface area (Å²) in [7, 11) is 0. The molecule has 0 aromatic heterocycles. The molecule has 2 bridgehead atoms. The topological polar surface area (TPSA) is 67.8 Å². The van der Waals surface area contributed by atoms with Gasteiger partial charge in [0.1, 0.15) is 0 Å². The van der Waals surface area contributed by atoms with Crippen LogP contribution < -0.4 is 5.32 Å². The Morgan fingerprint density at radius 2 is 1.69 bits per heavy atom. The molecule has 2 aliphatic rings. The Hall–Kier alpha value is -2.37. The number of benzene rings is 2. The lowest BCUT2D eigenvalue weighted by molar-refractivity contribution is -0.130. The fourth-order valence-corrected chi connectivity index (χ4v) is 5.67. The van der Waals surface area contributed by atoms with E-state index in [0.29, 0.717) is 22.2 Å². The highest BCUT2D eigenvalue weighted by molar-refractivity contribution is 6.33. The van der Waals surface area contributed by atoms with Gasteiger partial charge in [0.05, 0.1) is 21.7 Å². The summed E-state index contributed by atoms with van der Waals surface area (Å²) in [5, 5.41) is 8.28. The molecule has 0 spiro atoms. The Morgan fingerprint density at radius 1 is 1.00 bits per heavy atom. The minimum Gasteiger partial charge on any atom is -0.325 e. The van der Waals surface area contributed by atoms with E-state index in [9.17, 15) is 9.59 Å². The van der Waals surface area contributed by atoms with Gasteiger partial charge in [-0.05, 0) is 55.0 Å². The first-order valence-electron chi connectivity index (χ1n) is 10.6. The van der Waals surface area contributed by atoms with Gasteiger partial charge in [-0.3, -0.25) is 4.79 Å². The van der Waals surface area contributed by atoms with Crippen molar-refractivity contribution in [2.75, 3.05) is 5.32 Å². The Labute approximate surface area is 198 Å². The van der Waals surface area contributed by atoms with E-state index in [1.54, 1.807) is 30.3 Å². The highest BCUT2D eigenvalue weighted by Crippen LogP contribution is 2.71. The molecule has 0 radical (unpaired) electrons. The maximum absolute atomic E-state index is 13.6. The number of oxime groups is 1. The number of carbonyl (C=O) groups is 2. The zero-order chi connectivity index (χ0) is 23.3. The summed E-state index contributed by atoms with van der Waals surface area (Å²) in [4.78, 5) is 31.4. The van der Waals surface area contributed by atoms with Gasteiger partial charge in [0, 0.05) is 22.5 Å². The fraction of sp³-hybridized carbons (Fsp3) is 0.400. The molecule has 0 heterocycles. The Bertz CT molecular complexity index is 1140. The minimum atomic E-state index is -0.661. The lowest BCUT2D eigenvalue weighted by atomic mass is 9.64. The number of nitrogens with zero attached hydrogens (tertiary/aromatic N) is 1. The van der Waals surface area contributed by atoms with Crippen LogP contribution in [0.4, 0.5) is 5.69 Å². The van der Waals surface area contributed by atoms with Crippen LogP contribution in [0.1, 0.15) is 56.0 Å². The molecule has 1 amide bonds. The van der Waals surface area contributed by atoms with E-state index < -0.39 is 11.4 Å². The molecule has 32 heavy (non-hydrogen) atoms. The molecule has 2 aromatic carbocycles. The molecule has 2 unspecified atom stereocenters. The molecule has 7 heteroatoms. The van der Waals surface area contributed by atoms with E-state index in [1.807, 2.05) is 19.1 Å². The van der Waals surface area contributed by atoms with Crippen LogP contribution in [0, 0.1) is 23.2 Å². The summed E-state index contributed by atoms with van der Waals surface area (Å²) in [5.74, 6) is -0.667. The number of halogens is 2. The van der Waals surface area contributed by atoms with Crippen molar-refractivity contribution in [2.45, 2.75) is 47.0 Å². The quantitative estimate of drug-likeness (QED) is 0.398. The SMILES string of the molecule is Cc1c(Cl)cccc1NC(=O)C12CCC(C)(/C(=N\OC(=O)c3ccccc3Cl)C1)C2(C)C. The first-order chi connectivity index (χ1) is 15.0. The van der Waals surface area contributed by atoms with E-state index in [2.05, 4.69) is 31.2 Å². The molecule has 2 aromatic rings. The predicted octanol–water partition coefficient (Wildman–Crippen LogP) is 6.67. The van der Waals surface area contributed by atoms with E-state index in [4.69, 9.17) is 28.0 Å². The molecule has 4 rings (SSSR count). The highest BCUT2D eigenvalue weighted by Gasteiger charge is 2.71. The van der Waals surface area contributed by atoms with Gasteiger partial charge < -0.3 is 10.2 Å². The van der Waals surface area contributed by atoms with Gasteiger partial charge in [0.15, 0.2) is 0 Å². The third-order valence-corrected chi connectivity index (χ3v) is 8.76. The van der Waals surface area contributed by atoms with Crippen LogP contribution in [0.3, 0.4) is 0 Å². The molecule has 0 aliphatic heterocycles. The molecule has 5 nitrogen and oxygen atoms in total. The predicted molar refractivity (Wildman–Crippen MR) is 127 cm³/mol. The van der Waals surface area contributed by atoms with Crippen molar-refractivity contribution in [2.24, 2.45) is 21.4 Å². The number of rotatable bonds is 4. The number of carbonyl (C=O) groups excluding carboxylic acids is 2. The van der Waals surface area contributed by atoms with E-state index >= 15 is 0 Å². The first kappa shape index (κ1) is 22.8. The van der Waals surface area contributed by atoms with Gasteiger partial charge in [-0.25, -0.2) is 4.79 Å². The summed E-state index contributed by atoms with van der Waals surface area (Å²) in [5.41, 5.74) is 1.12. The third kappa shape index (κ3) is 3.25. The highest BCUT2D eigenvalue weighted by atomic mass is 35.5. The summed E-state index contributed by atoms with van der Waals surface area (Å²) < 4.78 is 0. The second-order valence-electron chi connectivity index (χ2n) is 9.48. The van der Waals surface area contributed by atoms with Crippen LogP contribution in [-0.2, 0) is 9.63 Å². The lowest BCUT2D eigenvalue weighted by Crippen LogP contribution is -2.43. The molecule has 2 aliphatic carbocycles. The molecular formula is C25H26Cl2N2O3. The summed E-state index contributed by atoms with van der Waals surface area (Å²) >= 11 is 12.3. The molecule has 2 atom stereocenters. The van der Waals surface area contributed by atoms with Crippen molar-refractivity contribution in [3.05, 3.63) is 63.6 Å². The van der Waals surface area contributed by atoms with Crippen molar-refractivity contribution in [3.63, 3.8) is 0 Å². The van der Waals surface area contributed by atoms with E-state index in [-0.39, 0.29) is 22.3 Å². The van der Waals surface area contributed by atoms with Crippen LogP contribution in [0.5, 0.6) is 0 Å². The van der Waals surface area contributed by atoms with Gasteiger partial charge in [0.2, 0.25) is 5.91 Å². The first-order valence-corrected chi connectivity index (χ1v) is 11.4. The number of fused-ring (bicyclic) bond motifs is 2. The van der Waals surface area contributed by atoms with Crippen molar-refractivity contribution in [1.82, 2.24) is 0 Å². The summed E-state index contributed by atoms with van der Waals surface area (Å²) in [6, 6.07) is 12.2. The monoisotopic (exact) mass is 472 g/mol. The van der Waals surface area contributed by atoms with Crippen molar-refractivity contribution in [3.8, 4) is 0 Å². The largest absolute Gasteiger partial charge is 0.367 e. The van der Waals surface area contributed by atoms with Crippen LogP contribution in [-0.4, -0.2) is 17.6 Å². The van der Waals surface area contributed by atoms with Gasteiger partial charge in [-0.2, -0.15) is 0 Å². The summed E-state index contributed by atoms with van der Waals surface area (Å²) in [6.45, 7) is 8.18. The van der Waals surface area contributed by atoms with Crippen LogP contribution in [0.25, 0.3) is 0 Å². The van der Waals surface area contributed by atoms with Crippen LogP contribution in [0.2, 0.25) is 10.0 Å². The van der Waals surface area contributed by atoms with E-state index in [1.165, 1.54) is 0 Å². The number of amides is 1. The van der Waals surface area contributed by atoms with Crippen LogP contribution in [0.15, 0.2) is 47.6 Å². The average molecular weight is 473 g/mol. The molecule has 2 fully saturated rings. The smallest absolute Gasteiger partial charge is 0.325 e. The number of nitrogens with one attached hydrogen (secondary N) is 1. The zero-order valence-electron chi connectivity index (χ0n) is 18.6. The molecule has 2 saturated carbocycles. The van der Waals surface area contributed by atoms with E-state index in [0.717, 1.165) is 24.1 Å². The number of hydrogen-bond acceptors (Lipinski definition) is 4. The minimum absolute atomic E-state index is 0.0563. The Morgan fingerprint density at radius 3 is 2.41 bits per heavy atom. The second-order valence-corrected chi connectivity index (χ2v) is 10.3. The number of anilines is 1. The molecule has 1 N–H and O–H groups in total. The van der Waals surface area contributed by atoms with Crippen LogP contribution >= 0.6 is 23.2 Å². The third-order valence-electron chi connectivity index (χ3n) is 8.02.